The largest absolute Gasteiger partial charge is 0.396 e. The highest BCUT2D eigenvalue weighted by atomic mass is 16.5. The molecule has 118 valence electrons. The van der Waals surface area contributed by atoms with Gasteiger partial charge in [0.1, 0.15) is 0 Å². The fraction of sp³-hybridized carbons (Fsp3) is 0.933. The van der Waals surface area contributed by atoms with Crippen molar-refractivity contribution < 1.29 is 14.6 Å². The zero-order valence-electron chi connectivity index (χ0n) is 13.3. The van der Waals surface area contributed by atoms with Crippen molar-refractivity contribution >= 4 is 5.91 Å². The molecule has 5 heteroatoms. The Morgan fingerprint density at radius 2 is 2.00 bits per heavy atom. The number of nitrogens with one attached hydrogen (secondary N) is 2. The number of rotatable bonds is 6. The van der Waals surface area contributed by atoms with Gasteiger partial charge in [-0.25, -0.2) is 0 Å². The normalized spacial score (nSPS) is 20.4. The molecule has 0 aliphatic carbocycles. The van der Waals surface area contributed by atoms with Crippen LogP contribution in [0.2, 0.25) is 0 Å². The first-order chi connectivity index (χ1) is 9.35. The van der Waals surface area contributed by atoms with E-state index in [1.807, 2.05) is 0 Å². The van der Waals surface area contributed by atoms with E-state index in [2.05, 4.69) is 31.4 Å². The van der Waals surface area contributed by atoms with Gasteiger partial charge in [-0.2, -0.15) is 0 Å². The molecule has 1 heterocycles. The van der Waals surface area contributed by atoms with Gasteiger partial charge in [0, 0.05) is 19.8 Å². The molecule has 0 spiro atoms. The van der Waals surface area contributed by atoms with E-state index >= 15 is 0 Å². The fourth-order valence-electron chi connectivity index (χ4n) is 2.78. The minimum Gasteiger partial charge on any atom is -0.396 e. The van der Waals surface area contributed by atoms with E-state index in [9.17, 15) is 9.90 Å². The van der Waals surface area contributed by atoms with Gasteiger partial charge in [-0.1, -0.05) is 20.8 Å². The van der Waals surface area contributed by atoms with Crippen molar-refractivity contribution in [2.45, 2.75) is 46.1 Å². The molecule has 0 radical (unpaired) electrons. The number of hydrogen-bond donors (Lipinski definition) is 3. The van der Waals surface area contributed by atoms with Crippen LogP contribution in [0.25, 0.3) is 0 Å². The summed E-state index contributed by atoms with van der Waals surface area (Å²) in [6, 6.07) is -0.0244. The lowest BCUT2D eigenvalue weighted by molar-refractivity contribution is -0.138. The number of carbonyl (C=O) groups excluding carboxylic acids is 1. The molecule has 0 aromatic rings. The monoisotopic (exact) mass is 286 g/mol. The Balaban J connectivity index is 2.78. The number of aliphatic hydroxyl groups is 1. The summed E-state index contributed by atoms with van der Waals surface area (Å²) in [6.45, 7) is 8.47. The number of amides is 1. The van der Waals surface area contributed by atoms with Gasteiger partial charge in [0.15, 0.2) is 0 Å². The average Bonchev–Trinajstić information content (AvgIpc) is 2.38. The molecule has 1 unspecified atom stereocenters. The predicted octanol–water partition coefficient (Wildman–Crippen LogP) is 0.916. The van der Waals surface area contributed by atoms with Crippen LogP contribution in [0.5, 0.6) is 0 Å². The maximum atomic E-state index is 12.7. The Kier molecular flexibility index (Phi) is 6.43. The van der Waals surface area contributed by atoms with E-state index in [1.165, 1.54) is 0 Å². The van der Waals surface area contributed by atoms with Crippen molar-refractivity contribution in [3.05, 3.63) is 0 Å². The first kappa shape index (κ1) is 17.4. The van der Waals surface area contributed by atoms with Crippen LogP contribution in [0.3, 0.4) is 0 Å². The van der Waals surface area contributed by atoms with E-state index in [4.69, 9.17) is 4.74 Å². The minimum absolute atomic E-state index is 0.0244. The summed E-state index contributed by atoms with van der Waals surface area (Å²) < 4.78 is 5.29. The summed E-state index contributed by atoms with van der Waals surface area (Å²) in [7, 11) is 1.64. The first-order valence-corrected chi connectivity index (χ1v) is 7.47. The zero-order chi connectivity index (χ0) is 15.2. The Hall–Kier alpha value is -0.650. The maximum Gasteiger partial charge on any atom is 0.228 e. The Morgan fingerprint density at radius 3 is 2.45 bits per heavy atom. The SMILES string of the molecule is COCC1(C(=O)NC(CCO)C(C)(C)C)CCNCC1. The predicted molar refractivity (Wildman–Crippen MR) is 79.5 cm³/mol. The number of ether oxygens (including phenoxy) is 1. The highest BCUT2D eigenvalue weighted by molar-refractivity contribution is 5.83. The van der Waals surface area contributed by atoms with Crippen LogP contribution < -0.4 is 10.6 Å². The van der Waals surface area contributed by atoms with Gasteiger partial charge >= 0.3 is 0 Å². The van der Waals surface area contributed by atoms with E-state index in [1.54, 1.807) is 7.11 Å². The Morgan fingerprint density at radius 1 is 1.40 bits per heavy atom. The summed E-state index contributed by atoms with van der Waals surface area (Å²) in [5.74, 6) is 0.0641. The molecular weight excluding hydrogens is 256 g/mol. The van der Waals surface area contributed by atoms with Gasteiger partial charge in [-0.3, -0.25) is 4.79 Å². The molecule has 1 rings (SSSR count). The molecule has 3 N–H and O–H groups in total. The lowest BCUT2D eigenvalue weighted by atomic mass is 9.77. The average molecular weight is 286 g/mol. The van der Waals surface area contributed by atoms with Gasteiger partial charge in [-0.05, 0) is 37.8 Å². The summed E-state index contributed by atoms with van der Waals surface area (Å²) in [4.78, 5) is 12.7. The lowest BCUT2D eigenvalue weighted by Crippen LogP contribution is -2.55. The van der Waals surface area contributed by atoms with E-state index in [0.29, 0.717) is 13.0 Å². The van der Waals surface area contributed by atoms with Gasteiger partial charge in [-0.15, -0.1) is 0 Å². The van der Waals surface area contributed by atoms with Gasteiger partial charge in [0.05, 0.1) is 12.0 Å². The smallest absolute Gasteiger partial charge is 0.228 e. The molecule has 0 bridgehead atoms. The molecule has 0 aromatic heterocycles. The van der Waals surface area contributed by atoms with Crippen molar-refractivity contribution in [1.29, 1.82) is 0 Å². The molecule has 0 saturated carbocycles. The lowest BCUT2D eigenvalue weighted by Gasteiger charge is -2.39. The molecule has 1 atom stereocenters. The third-order valence-electron chi connectivity index (χ3n) is 4.23. The minimum atomic E-state index is -0.432. The quantitative estimate of drug-likeness (QED) is 0.679. The summed E-state index contributed by atoms with van der Waals surface area (Å²) in [5.41, 5.74) is -0.501. The van der Waals surface area contributed by atoms with E-state index in [0.717, 1.165) is 25.9 Å². The second-order valence-electron chi connectivity index (χ2n) is 6.87. The molecule has 1 aliphatic rings. The standard InChI is InChI=1S/C15H30N2O3/c1-14(2,3)12(5-10-18)17-13(19)15(11-20-4)6-8-16-9-7-15/h12,16,18H,5-11H2,1-4H3,(H,17,19). The van der Waals surface area contributed by atoms with Gasteiger partial charge in [0.2, 0.25) is 5.91 Å². The molecule has 1 aliphatic heterocycles. The second kappa shape index (κ2) is 7.38. The van der Waals surface area contributed by atoms with Crippen LogP contribution in [0.1, 0.15) is 40.0 Å². The van der Waals surface area contributed by atoms with Gasteiger partial charge in [0.25, 0.3) is 0 Å². The number of carbonyl (C=O) groups is 1. The molecular formula is C15H30N2O3. The number of piperidine rings is 1. The molecule has 0 aromatic carbocycles. The van der Waals surface area contributed by atoms with Crippen molar-refractivity contribution in [3.8, 4) is 0 Å². The van der Waals surface area contributed by atoms with E-state index < -0.39 is 5.41 Å². The topological polar surface area (TPSA) is 70.6 Å². The van der Waals surface area contributed by atoms with Crippen LogP contribution in [-0.4, -0.2) is 50.5 Å². The van der Waals surface area contributed by atoms with Crippen LogP contribution in [0.4, 0.5) is 0 Å². The fourth-order valence-corrected chi connectivity index (χ4v) is 2.78. The van der Waals surface area contributed by atoms with Crippen LogP contribution in [0, 0.1) is 10.8 Å². The molecule has 1 fully saturated rings. The number of hydrogen-bond acceptors (Lipinski definition) is 4. The van der Waals surface area contributed by atoms with Crippen LogP contribution in [-0.2, 0) is 9.53 Å². The Bertz CT molecular complexity index is 301. The highest BCUT2D eigenvalue weighted by Gasteiger charge is 2.41. The summed E-state index contributed by atoms with van der Waals surface area (Å²) >= 11 is 0. The molecule has 5 nitrogen and oxygen atoms in total. The maximum absolute atomic E-state index is 12.7. The summed E-state index contributed by atoms with van der Waals surface area (Å²) in [6.07, 6.45) is 2.17. The third-order valence-corrected chi connectivity index (χ3v) is 4.23. The van der Waals surface area contributed by atoms with Crippen molar-refractivity contribution in [2.24, 2.45) is 10.8 Å². The van der Waals surface area contributed by atoms with Gasteiger partial charge < -0.3 is 20.5 Å². The number of aliphatic hydroxyl groups excluding tert-OH is 1. The third kappa shape index (κ3) is 4.43. The van der Waals surface area contributed by atoms with Crippen molar-refractivity contribution in [3.63, 3.8) is 0 Å². The number of methoxy groups -OCH3 is 1. The second-order valence-corrected chi connectivity index (χ2v) is 6.87. The highest BCUT2D eigenvalue weighted by Crippen LogP contribution is 2.31. The Labute approximate surface area is 122 Å². The van der Waals surface area contributed by atoms with E-state index in [-0.39, 0.29) is 24.0 Å². The first-order valence-electron chi connectivity index (χ1n) is 7.47. The zero-order valence-corrected chi connectivity index (χ0v) is 13.3. The van der Waals surface area contributed by atoms with Crippen molar-refractivity contribution in [1.82, 2.24) is 10.6 Å². The van der Waals surface area contributed by atoms with Crippen molar-refractivity contribution in [2.75, 3.05) is 33.4 Å². The van der Waals surface area contributed by atoms with Crippen LogP contribution >= 0.6 is 0 Å². The van der Waals surface area contributed by atoms with Crippen LogP contribution in [0.15, 0.2) is 0 Å². The summed E-state index contributed by atoms with van der Waals surface area (Å²) in [5, 5.41) is 15.6. The molecule has 1 saturated heterocycles. The molecule has 20 heavy (non-hydrogen) atoms. The molecule has 1 amide bonds.